The molecule has 1 aromatic heterocycles. The highest BCUT2D eigenvalue weighted by atomic mass is 19.1. The number of nitrogens with zero attached hydrogens (tertiary/aromatic N) is 5. The van der Waals surface area contributed by atoms with Crippen molar-refractivity contribution in [3.63, 3.8) is 0 Å². The smallest absolute Gasteiger partial charge is 0.147 e. The van der Waals surface area contributed by atoms with Gasteiger partial charge in [-0.2, -0.15) is 0 Å². The number of hydrogen-bond acceptors (Lipinski definition) is 5. The van der Waals surface area contributed by atoms with E-state index in [1.807, 2.05) is 35.9 Å². The first-order valence-electron chi connectivity index (χ1n) is 10.8. The Bertz CT molecular complexity index is 1200. The maximum atomic E-state index is 13.4. The molecule has 0 amide bonds. The normalized spacial score (nSPS) is 19.3. The van der Waals surface area contributed by atoms with Crippen LogP contribution in [0.25, 0.3) is 11.8 Å². The largest absolute Gasteiger partial charge is 0.495 e. The highest BCUT2D eigenvalue weighted by molar-refractivity contribution is 6.05. The zero-order valence-corrected chi connectivity index (χ0v) is 18.5. The summed E-state index contributed by atoms with van der Waals surface area (Å²) in [5.41, 5.74) is 5.12. The van der Waals surface area contributed by atoms with E-state index in [0.717, 1.165) is 53.6 Å². The number of methoxy groups -OCH3 is 1. The third kappa shape index (κ3) is 3.64. The molecule has 2 aliphatic rings. The van der Waals surface area contributed by atoms with Crippen LogP contribution in [0.3, 0.4) is 0 Å². The van der Waals surface area contributed by atoms with Gasteiger partial charge >= 0.3 is 0 Å². The van der Waals surface area contributed by atoms with Gasteiger partial charge in [-0.05, 0) is 80.3 Å². The van der Waals surface area contributed by atoms with Gasteiger partial charge in [0.15, 0.2) is 0 Å². The molecule has 0 spiro atoms. The molecule has 7 heteroatoms. The van der Waals surface area contributed by atoms with Crippen LogP contribution in [-0.2, 0) is 0 Å². The van der Waals surface area contributed by atoms with Crippen LogP contribution in [0, 0.1) is 12.7 Å². The zero-order chi connectivity index (χ0) is 22.2. The van der Waals surface area contributed by atoms with Gasteiger partial charge in [0.05, 0.1) is 30.5 Å². The van der Waals surface area contributed by atoms with Crippen molar-refractivity contribution in [1.29, 1.82) is 0 Å². The van der Waals surface area contributed by atoms with Crippen molar-refractivity contribution < 1.29 is 9.13 Å². The molecule has 1 fully saturated rings. The lowest BCUT2D eigenvalue weighted by molar-refractivity contribution is 0.365. The molecule has 2 aromatic carbocycles. The first-order chi connectivity index (χ1) is 15.5. The lowest BCUT2D eigenvalue weighted by Crippen LogP contribution is -2.47. The minimum absolute atomic E-state index is 0.0432. The summed E-state index contributed by atoms with van der Waals surface area (Å²) in [5.74, 6) is 1.55. The number of aliphatic imine (C=N–C) groups is 1. The third-order valence-electron chi connectivity index (χ3n) is 5.90. The van der Waals surface area contributed by atoms with E-state index in [-0.39, 0.29) is 12.0 Å². The Hall–Kier alpha value is -3.61. The Morgan fingerprint density at radius 1 is 1.16 bits per heavy atom. The van der Waals surface area contributed by atoms with E-state index < -0.39 is 0 Å². The van der Waals surface area contributed by atoms with Gasteiger partial charge in [0, 0.05) is 12.7 Å². The number of hydrazine groups is 1. The molecular weight excluding hydrogens is 405 g/mol. The van der Waals surface area contributed by atoms with E-state index in [0.29, 0.717) is 0 Å². The lowest BCUT2D eigenvalue weighted by atomic mass is 10.0. The Kier molecular flexibility index (Phi) is 5.17. The number of piperidine rings is 1. The van der Waals surface area contributed by atoms with E-state index in [2.05, 4.69) is 40.1 Å². The van der Waals surface area contributed by atoms with Gasteiger partial charge < -0.3 is 9.30 Å². The molecule has 164 valence electrons. The van der Waals surface area contributed by atoms with Crippen LogP contribution in [0.1, 0.15) is 31.0 Å². The second kappa shape index (κ2) is 8.15. The fourth-order valence-corrected chi connectivity index (χ4v) is 4.43. The van der Waals surface area contributed by atoms with E-state index in [4.69, 9.17) is 9.73 Å². The van der Waals surface area contributed by atoms with Crippen molar-refractivity contribution >= 4 is 17.6 Å². The van der Waals surface area contributed by atoms with Crippen LogP contribution in [0.15, 0.2) is 65.6 Å². The minimum Gasteiger partial charge on any atom is -0.495 e. The van der Waals surface area contributed by atoms with E-state index in [1.54, 1.807) is 13.4 Å². The number of ether oxygens (including phenoxy) is 1. The highest BCUT2D eigenvalue weighted by Crippen LogP contribution is 2.33. The average Bonchev–Trinajstić information content (AvgIpc) is 3.37. The number of halogens is 1. The lowest BCUT2D eigenvalue weighted by Gasteiger charge is -2.37. The zero-order valence-electron chi connectivity index (χ0n) is 18.5. The molecule has 1 saturated heterocycles. The monoisotopic (exact) mass is 431 g/mol. The summed E-state index contributed by atoms with van der Waals surface area (Å²) in [5, 5.41) is 4.36. The van der Waals surface area contributed by atoms with Crippen molar-refractivity contribution in [2.75, 3.05) is 18.7 Å². The molecule has 0 N–H and O–H groups in total. The maximum absolute atomic E-state index is 13.4. The molecule has 5 rings (SSSR count). The molecule has 1 atom stereocenters. The van der Waals surface area contributed by atoms with Crippen molar-refractivity contribution in [2.24, 2.45) is 4.99 Å². The summed E-state index contributed by atoms with van der Waals surface area (Å²) in [4.78, 5) is 9.26. The Balaban J connectivity index is 1.45. The van der Waals surface area contributed by atoms with Gasteiger partial charge in [0.2, 0.25) is 0 Å². The second-order valence-electron chi connectivity index (χ2n) is 8.16. The molecular formula is C25H26FN5O. The summed E-state index contributed by atoms with van der Waals surface area (Å²) >= 11 is 0. The molecule has 3 heterocycles. The number of fused-ring (bicyclic) bond motifs is 1. The number of imidazole rings is 1. The Labute approximate surface area is 187 Å². The predicted octanol–water partition coefficient (Wildman–Crippen LogP) is 4.99. The number of aryl methyl sites for hydroxylation is 1. The van der Waals surface area contributed by atoms with Crippen LogP contribution in [0.2, 0.25) is 0 Å². The quantitative estimate of drug-likeness (QED) is 0.584. The van der Waals surface area contributed by atoms with Gasteiger partial charge in [0.1, 0.15) is 23.6 Å². The van der Waals surface area contributed by atoms with Crippen LogP contribution in [0.5, 0.6) is 5.75 Å². The second-order valence-corrected chi connectivity index (χ2v) is 8.16. The van der Waals surface area contributed by atoms with Gasteiger partial charge in [-0.1, -0.05) is 6.07 Å². The Morgan fingerprint density at radius 3 is 2.69 bits per heavy atom. The molecule has 1 unspecified atom stereocenters. The van der Waals surface area contributed by atoms with Gasteiger partial charge in [0.25, 0.3) is 0 Å². The number of anilines is 1. The summed E-state index contributed by atoms with van der Waals surface area (Å²) in [6.07, 6.45) is 7.91. The molecule has 0 bridgehead atoms. The molecule has 32 heavy (non-hydrogen) atoms. The van der Waals surface area contributed by atoms with Gasteiger partial charge in [-0.3, -0.25) is 10.0 Å². The third-order valence-corrected chi connectivity index (χ3v) is 5.90. The summed E-state index contributed by atoms with van der Waals surface area (Å²) in [6, 6.07) is 12.8. The van der Waals surface area contributed by atoms with Crippen molar-refractivity contribution in [3.8, 4) is 11.4 Å². The van der Waals surface area contributed by atoms with Crippen LogP contribution < -0.4 is 9.75 Å². The molecule has 6 nitrogen and oxygen atoms in total. The van der Waals surface area contributed by atoms with E-state index >= 15 is 0 Å². The van der Waals surface area contributed by atoms with E-state index in [1.165, 1.54) is 17.7 Å². The van der Waals surface area contributed by atoms with Crippen LogP contribution in [-0.4, -0.2) is 40.2 Å². The van der Waals surface area contributed by atoms with Crippen molar-refractivity contribution in [2.45, 2.75) is 32.9 Å². The number of benzene rings is 2. The minimum atomic E-state index is -0.232. The number of aromatic nitrogens is 2. The number of rotatable bonds is 4. The fraction of sp³-hybridized carbons (Fsp3) is 0.280. The molecule has 0 saturated carbocycles. The maximum Gasteiger partial charge on any atom is 0.147 e. The summed E-state index contributed by atoms with van der Waals surface area (Å²) in [7, 11) is 1.69. The molecule has 3 aromatic rings. The first kappa shape index (κ1) is 20.3. The Morgan fingerprint density at radius 2 is 1.97 bits per heavy atom. The van der Waals surface area contributed by atoms with E-state index in [9.17, 15) is 4.39 Å². The molecule has 0 radical (unpaired) electrons. The predicted molar refractivity (Wildman–Crippen MR) is 125 cm³/mol. The summed E-state index contributed by atoms with van der Waals surface area (Å²) in [6.45, 7) is 4.92. The van der Waals surface area contributed by atoms with Crippen molar-refractivity contribution in [3.05, 3.63) is 77.6 Å². The molecule has 2 aliphatic heterocycles. The summed E-state index contributed by atoms with van der Waals surface area (Å²) < 4.78 is 21.1. The van der Waals surface area contributed by atoms with Crippen LogP contribution >= 0.6 is 0 Å². The number of amidine groups is 1. The SMILES string of the molecule is COc1cc(/C=C2\CCCN3C2=NC(C)N3c2ccc(F)cc2)ccc1-n1cnc(C)c1. The molecule has 0 aliphatic carbocycles. The first-order valence-corrected chi connectivity index (χ1v) is 10.8. The average molecular weight is 432 g/mol. The highest BCUT2D eigenvalue weighted by Gasteiger charge is 2.35. The van der Waals surface area contributed by atoms with Crippen LogP contribution in [0.4, 0.5) is 10.1 Å². The number of hydrogen-bond donors (Lipinski definition) is 0. The fourth-order valence-electron chi connectivity index (χ4n) is 4.43. The standard InChI is InChI=1S/C25H26FN5O/c1-17-15-29(16-27-17)23-11-6-19(14-24(23)32-3)13-20-5-4-12-30-25(20)28-18(2)31(30)22-9-7-21(26)8-10-22/h6-11,13-16,18H,4-5,12H2,1-3H3/b20-13+. The van der Waals surface area contributed by atoms with Crippen molar-refractivity contribution in [1.82, 2.24) is 14.6 Å². The van der Waals surface area contributed by atoms with Gasteiger partial charge in [-0.25, -0.2) is 14.4 Å². The van der Waals surface area contributed by atoms with Gasteiger partial charge in [-0.15, -0.1) is 0 Å². The topological polar surface area (TPSA) is 45.9 Å².